The monoisotopic (exact) mass is 471 g/mol. The molecular weight excluding hydrogens is 437 g/mol. The van der Waals surface area contributed by atoms with E-state index in [2.05, 4.69) is 20.4 Å². The van der Waals surface area contributed by atoms with Crippen molar-refractivity contribution < 1.29 is 19.0 Å². The van der Waals surface area contributed by atoms with Crippen LogP contribution in [0.15, 0.2) is 4.99 Å². The number of nitrogens with one attached hydrogen (secondary N) is 2. The molecule has 25 heavy (non-hydrogen) atoms. The standard InChI is InChI=1S/C17H33N3O4.HI/c1-18-17(19-10-6-4-3-5-8-16(21)22-2)20-11-7-12-24-15-9-13-23-14-15;/h15H,3-14H2,1-2H3,(H2,18,19,20);1H. The van der Waals surface area contributed by atoms with Gasteiger partial charge in [-0.25, -0.2) is 0 Å². The fourth-order valence-corrected chi connectivity index (χ4v) is 2.45. The Morgan fingerprint density at radius 3 is 2.52 bits per heavy atom. The fraction of sp³-hybridized carbons (Fsp3) is 0.882. The van der Waals surface area contributed by atoms with E-state index in [0.717, 1.165) is 77.4 Å². The number of esters is 1. The van der Waals surface area contributed by atoms with Gasteiger partial charge in [0.2, 0.25) is 0 Å². The van der Waals surface area contributed by atoms with E-state index in [4.69, 9.17) is 9.47 Å². The third kappa shape index (κ3) is 13.3. The van der Waals surface area contributed by atoms with Crippen molar-refractivity contribution >= 4 is 35.9 Å². The summed E-state index contributed by atoms with van der Waals surface area (Å²) in [5.74, 6) is 0.705. The highest BCUT2D eigenvalue weighted by atomic mass is 127. The molecule has 1 fully saturated rings. The minimum absolute atomic E-state index is 0. The Morgan fingerprint density at radius 2 is 1.88 bits per heavy atom. The molecule has 8 heteroatoms. The minimum Gasteiger partial charge on any atom is -0.469 e. The number of methoxy groups -OCH3 is 1. The third-order valence-electron chi connectivity index (χ3n) is 3.91. The number of hydrogen-bond donors (Lipinski definition) is 2. The first kappa shape index (κ1) is 24.4. The lowest BCUT2D eigenvalue weighted by Gasteiger charge is -2.13. The number of unbranched alkanes of at least 4 members (excludes halogenated alkanes) is 3. The maximum absolute atomic E-state index is 11.0. The largest absolute Gasteiger partial charge is 0.469 e. The van der Waals surface area contributed by atoms with Crippen LogP contribution >= 0.6 is 24.0 Å². The number of nitrogens with zero attached hydrogens (tertiary/aromatic N) is 1. The van der Waals surface area contributed by atoms with Gasteiger partial charge in [-0.05, 0) is 25.7 Å². The molecule has 2 N–H and O–H groups in total. The van der Waals surface area contributed by atoms with Crippen LogP contribution in [0, 0.1) is 0 Å². The summed E-state index contributed by atoms with van der Waals surface area (Å²) in [6.07, 6.45) is 6.85. The van der Waals surface area contributed by atoms with Crippen molar-refractivity contribution in [3.63, 3.8) is 0 Å². The van der Waals surface area contributed by atoms with Crippen molar-refractivity contribution in [3.05, 3.63) is 0 Å². The SMILES string of the molecule is CN=C(NCCCCCCC(=O)OC)NCCCOC1CCOC1.I. The van der Waals surface area contributed by atoms with E-state index in [0.29, 0.717) is 6.42 Å². The Labute approximate surface area is 168 Å². The van der Waals surface area contributed by atoms with Crippen LogP contribution in [-0.2, 0) is 19.0 Å². The second-order valence-corrected chi connectivity index (χ2v) is 5.88. The van der Waals surface area contributed by atoms with Gasteiger partial charge in [-0.1, -0.05) is 12.8 Å². The summed E-state index contributed by atoms with van der Waals surface area (Å²) in [5, 5.41) is 6.58. The van der Waals surface area contributed by atoms with E-state index in [-0.39, 0.29) is 36.0 Å². The predicted octanol–water partition coefficient (Wildman–Crippen LogP) is 2.09. The van der Waals surface area contributed by atoms with E-state index in [9.17, 15) is 4.79 Å². The fourth-order valence-electron chi connectivity index (χ4n) is 2.45. The maximum Gasteiger partial charge on any atom is 0.305 e. The molecule has 7 nitrogen and oxygen atoms in total. The highest BCUT2D eigenvalue weighted by molar-refractivity contribution is 14.0. The average Bonchev–Trinajstić information content (AvgIpc) is 3.11. The second-order valence-electron chi connectivity index (χ2n) is 5.88. The molecule has 1 heterocycles. The first-order valence-electron chi connectivity index (χ1n) is 8.97. The second kappa shape index (κ2) is 16.8. The highest BCUT2D eigenvalue weighted by Crippen LogP contribution is 2.07. The molecule has 1 rings (SSSR count). The van der Waals surface area contributed by atoms with Crippen LogP contribution < -0.4 is 10.6 Å². The summed E-state index contributed by atoms with van der Waals surface area (Å²) < 4.78 is 15.6. The van der Waals surface area contributed by atoms with Gasteiger partial charge in [0, 0.05) is 39.8 Å². The molecule has 1 unspecified atom stereocenters. The Morgan fingerprint density at radius 1 is 1.16 bits per heavy atom. The number of hydrogen-bond acceptors (Lipinski definition) is 5. The lowest BCUT2D eigenvalue weighted by molar-refractivity contribution is -0.140. The molecule has 0 aromatic carbocycles. The third-order valence-corrected chi connectivity index (χ3v) is 3.91. The molecule has 0 saturated carbocycles. The lowest BCUT2D eigenvalue weighted by atomic mass is 10.1. The van der Waals surface area contributed by atoms with E-state index in [1.807, 2.05) is 0 Å². The molecule has 1 aliphatic heterocycles. The van der Waals surface area contributed by atoms with Gasteiger partial charge in [0.1, 0.15) is 0 Å². The lowest BCUT2D eigenvalue weighted by Crippen LogP contribution is -2.38. The Hall–Kier alpha value is -0.610. The van der Waals surface area contributed by atoms with Gasteiger partial charge in [0.15, 0.2) is 5.96 Å². The molecule has 1 saturated heterocycles. The summed E-state index contributed by atoms with van der Waals surface area (Å²) >= 11 is 0. The van der Waals surface area contributed by atoms with Crippen molar-refractivity contribution in [3.8, 4) is 0 Å². The average molecular weight is 471 g/mol. The van der Waals surface area contributed by atoms with Crippen LogP contribution in [0.1, 0.15) is 44.9 Å². The highest BCUT2D eigenvalue weighted by Gasteiger charge is 2.15. The number of carbonyl (C=O) groups is 1. The van der Waals surface area contributed by atoms with Gasteiger partial charge in [-0.3, -0.25) is 9.79 Å². The zero-order valence-electron chi connectivity index (χ0n) is 15.6. The molecule has 0 aliphatic carbocycles. The van der Waals surface area contributed by atoms with Crippen molar-refractivity contribution in [2.24, 2.45) is 4.99 Å². The minimum atomic E-state index is -0.123. The summed E-state index contributed by atoms with van der Waals surface area (Å²) in [6.45, 7) is 4.02. The van der Waals surface area contributed by atoms with Gasteiger partial charge >= 0.3 is 5.97 Å². The van der Waals surface area contributed by atoms with Crippen molar-refractivity contribution in [1.29, 1.82) is 0 Å². The van der Waals surface area contributed by atoms with Crippen molar-refractivity contribution in [2.75, 3.05) is 47.1 Å². The van der Waals surface area contributed by atoms with Gasteiger partial charge in [-0.15, -0.1) is 24.0 Å². The summed E-state index contributed by atoms with van der Waals surface area (Å²) in [7, 11) is 3.21. The molecule has 0 aromatic rings. The zero-order chi connectivity index (χ0) is 17.5. The van der Waals surface area contributed by atoms with Crippen LogP contribution in [-0.4, -0.2) is 65.1 Å². The molecular formula is C17H34IN3O4. The van der Waals surface area contributed by atoms with E-state index in [1.165, 1.54) is 7.11 Å². The number of rotatable bonds is 12. The molecule has 0 spiro atoms. The zero-order valence-corrected chi connectivity index (χ0v) is 17.9. The first-order chi connectivity index (χ1) is 11.8. The van der Waals surface area contributed by atoms with Crippen molar-refractivity contribution in [2.45, 2.75) is 51.0 Å². The summed E-state index contributed by atoms with van der Waals surface area (Å²) in [4.78, 5) is 15.2. The first-order valence-corrected chi connectivity index (χ1v) is 8.97. The van der Waals surface area contributed by atoms with Gasteiger partial charge in [0.25, 0.3) is 0 Å². The van der Waals surface area contributed by atoms with E-state index >= 15 is 0 Å². The smallest absolute Gasteiger partial charge is 0.305 e. The number of carbonyl (C=O) groups excluding carboxylic acids is 1. The Bertz CT molecular complexity index is 364. The molecule has 0 aromatic heterocycles. The van der Waals surface area contributed by atoms with Crippen LogP contribution in [0.25, 0.3) is 0 Å². The summed E-state index contributed by atoms with van der Waals surface area (Å²) in [6, 6.07) is 0. The van der Waals surface area contributed by atoms with Gasteiger partial charge < -0.3 is 24.8 Å². The molecule has 0 bridgehead atoms. The van der Waals surface area contributed by atoms with Crippen molar-refractivity contribution in [1.82, 2.24) is 10.6 Å². The summed E-state index contributed by atoms with van der Waals surface area (Å²) in [5.41, 5.74) is 0. The Balaban J connectivity index is 0.00000576. The molecule has 0 radical (unpaired) electrons. The molecule has 1 aliphatic rings. The van der Waals surface area contributed by atoms with Crippen LogP contribution in [0.2, 0.25) is 0 Å². The molecule has 148 valence electrons. The quantitative estimate of drug-likeness (QED) is 0.149. The van der Waals surface area contributed by atoms with Gasteiger partial charge in [-0.2, -0.15) is 0 Å². The predicted molar refractivity (Wildman–Crippen MR) is 110 cm³/mol. The Kier molecular flexibility index (Phi) is 16.4. The van der Waals surface area contributed by atoms with Crippen LogP contribution in [0.5, 0.6) is 0 Å². The number of ether oxygens (including phenoxy) is 3. The van der Waals surface area contributed by atoms with E-state index in [1.54, 1.807) is 7.05 Å². The number of halogens is 1. The molecule has 0 amide bonds. The normalized spacial score (nSPS) is 17.0. The van der Waals surface area contributed by atoms with E-state index < -0.39 is 0 Å². The van der Waals surface area contributed by atoms with Crippen LogP contribution in [0.3, 0.4) is 0 Å². The van der Waals surface area contributed by atoms with Gasteiger partial charge in [0.05, 0.1) is 19.8 Å². The number of aliphatic imine (C=N–C) groups is 1. The maximum atomic E-state index is 11.0. The number of guanidine groups is 1. The van der Waals surface area contributed by atoms with Crippen LogP contribution in [0.4, 0.5) is 0 Å². The molecule has 1 atom stereocenters. The topological polar surface area (TPSA) is 81.2 Å².